The molecule has 2 N–H and O–H groups in total. The Morgan fingerprint density at radius 2 is 2.18 bits per heavy atom. The van der Waals surface area contributed by atoms with Crippen LogP contribution in [0.15, 0.2) is 11.6 Å². The van der Waals surface area contributed by atoms with Crippen molar-refractivity contribution in [2.75, 3.05) is 13.1 Å². The highest BCUT2D eigenvalue weighted by Gasteiger charge is 2.09. The molecular formula is C12H21N3OS. The maximum Gasteiger partial charge on any atom is 0.221 e. The second-order valence-electron chi connectivity index (χ2n) is 4.95. The van der Waals surface area contributed by atoms with E-state index in [9.17, 15) is 4.79 Å². The summed E-state index contributed by atoms with van der Waals surface area (Å²) in [6, 6.07) is 0. The van der Waals surface area contributed by atoms with E-state index in [1.165, 1.54) is 0 Å². The highest BCUT2D eigenvalue weighted by atomic mass is 32.1. The summed E-state index contributed by atoms with van der Waals surface area (Å²) in [6.45, 7) is 7.66. The molecule has 1 amide bonds. The minimum absolute atomic E-state index is 0.0706. The predicted molar refractivity (Wildman–Crippen MR) is 71.2 cm³/mol. The molecule has 5 heteroatoms. The number of rotatable bonds is 6. The van der Waals surface area contributed by atoms with Crippen LogP contribution in [0.1, 0.15) is 32.2 Å². The second kappa shape index (κ2) is 6.71. The number of hydrogen-bond acceptors (Lipinski definition) is 4. The van der Waals surface area contributed by atoms with Gasteiger partial charge in [-0.3, -0.25) is 4.79 Å². The summed E-state index contributed by atoms with van der Waals surface area (Å²) in [4.78, 5) is 15.7. The lowest BCUT2D eigenvalue weighted by Crippen LogP contribution is -2.38. The van der Waals surface area contributed by atoms with Gasteiger partial charge in [0.05, 0.1) is 5.01 Å². The van der Waals surface area contributed by atoms with Crippen molar-refractivity contribution in [3.05, 3.63) is 16.6 Å². The lowest BCUT2D eigenvalue weighted by atomic mass is 10.1. The second-order valence-corrected chi connectivity index (χ2v) is 5.93. The molecule has 0 aliphatic rings. The summed E-state index contributed by atoms with van der Waals surface area (Å²) in [6.07, 6.45) is 3.13. The van der Waals surface area contributed by atoms with Gasteiger partial charge in [-0.2, -0.15) is 0 Å². The molecule has 1 aromatic heterocycles. The fourth-order valence-corrected chi connectivity index (χ4v) is 1.95. The topological polar surface area (TPSA) is 54.0 Å². The van der Waals surface area contributed by atoms with Crippen molar-refractivity contribution in [3.8, 4) is 0 Å². The van der Waals surface area contributed by atoms with E-state index in [4.69, 9.17) is 0 Å². The Balaban J connectivity index is 2.05. The predicted octanol–water partition coefficient (Wildman–Crippen LogP) is 1.58. The zero-order valence-corrected chi connectivity index (χ0v) is 11.6. The van der Waals surface area contributed by atoms with Gasteiger partial charge in [-0.05, 0) is 20.8 Å². The van der Waals surface area contributed by atoms with E-state index in [2.05, 4.69) is 36.4 Å². The van der Waals surface area contributed by atoms with Crippen LogP contribution in [0.4, 0.5) is 0 Å². The Labute approximate surface area is 107 Å². The van der Waals surface area contributed by atoms with Gasteiger partial charge in [-0.1, -0.05) is 0 Å². The molecule has 1 heterocycles. The molecule has 0 atom stereocenters. The highest BCUT2D eigenvalue weighted by Crippen LogP contribution is 2.03. The summed E-state index contributed by atoms with van der Waals surface area (Å²) in [5, 5.41) is 9.20. The molecule has 96 valence electrons. The van der Waals surface area contributed by atoms with Gasteiger partial charge >= 0.3 is 0 Å². The number of amides is 1. The minimum atomic E-state index is 0.0706. The first-order valence-electron chi connectivity index (χ1n) is 5.87. The van der Waals surface area contributed by atoms with Crippen LogP contribution in [0, 0.1) is 0 Å². The van der Waals surface area contributed by atoms with Crippen molar-refractivity contribution in [2.24, 2.45) is 0 Å². The molecule has 0 saturated carbocycles. The summed E-state index contributed by atoms with van der Waals surface area (Å²) in [5.41, 5.74) is 0.0706. The minimum Gasteiger partial charge on any atom is -0.356 e. The molecule has 0 radical (unpaired) electrons. The smallest absolute Gasteiger partial charge is 0.221 e. The SMILES string of the molecule is CC(C)(C)NCCC(=O)NCCc1nccs1. The molecule has 0 bridgehead atoms. The number of carbonyl (C=O) groups excluding carboxylic acids is 1. The third-order valence-corrected chi connectivity index (χ3v) is 2.99. The molecule has 1 aromatic rings. The lowest BCUT2D eigenvalue weighted by molar-refractivity contribution is -0.121. The molecule has 0 aromatic carbocycles. The number of nitrogens with one attached hydrogen (secondary N) is 2. The first-order chi connectivity index (χ1) is 7.97. The fourth-order valence-electron chi connectivity index (χ4n) is 1.32. The van der Waals surface area contributed by atoms with E-state index in [1.54, 1.807) is 17.5 Å². The van der Waals surface area contributed by atoms with Crippen molar-refractivity contribution in [1.29, 1.82) is 0 Å². The number of hydrogen-bond donors (Lipinski definition) is 2. The Morgan fingerprint density at radius 3 is 2.76 bits per heavy atom. The monoisotopic (exact) mass is 255 g/mol. The molecule has 0 fully saturated rings. The van der Waals surface area contributed by atoms with Crippen LogP contribution in [0.5, 0.6) is 0 Å². The van der Waals surface area contributed by atoms with Crippen LogP contribution < -0.4 is 10.6 Å². The highest BCUT2D eigenvalue weighted by molar-refractivity contribution is 7.09. The number of thiazole rings is 1. The maximum absolute atomic E-state index is 11.5. The van der Waals surface area contributed by atoms with Crippen LogP contribution in [0.3, 0.4) is 0 Å². The zero-order valence-electron chi connectivity index (χ0n) is 10.7. The van der Waals surface area contributed by atoms with Gasteiger partial charge in [0.15, 0.2) is 0 Å². The standard InChI is InChI=1S/C12H21N3OS/c1-12(2,3)15-7-4-10(16)13-6-5-11-14-8-9-17-11/h8-9,15H,4-7H2,1-3H3,(H,13,16). The Hall–Kier alpha value is -0.940. The van der Waals surface area contributed by atoms with Crippen molar-refractivity contribution < 1.29 is 4.79 Å². The number of carbonyl (C=O) groups is 1. The third-order valence-electron chi connectivity index (χ3n) is 2.15. The summed E-state index contributed by atoms with van der Waals surface area (Å²) in [7, 11) is 0. The summed E-state index contributed by atoms with van der Waals surface area (Å²) >= 11 is 1.62. The Morgan fingerprint density at radius 1 is 1.41 bits per heavy atom. The molecule has 0 aliphatic heterocycles. The van der Waals surface area contributed by atoms with Crippen molar-refractivity contribution in [2.45, 2.75) is 39.2 Å². The largest absolute Gasteiger partial charge is 0.356 e. The Bertz CT molecular complexity index is 330. The third kappa shape index (κ3) is 7.07. The normalized spacial score (nSPS) is 11.5. The first-order valence-corrected chi connectivity index (χ1v) is 6.75. The van der Waals surface area contributed by atoms with Gasteiger partial charge in [0.2, 0.25) is 5.91 Å². The van der Waals surface area contributed by atoms with Crippen LogP contribution in [-0.4, -0.2) is 29.5 Å². The molecule has 1 rings (SSSR count). The van der Waals surface area contributed by atoms with E-state index >= 15 is 0 Å². The van der Waals surface area contributed by atoms with Gasteiger partial charge in [0, 0.05) is 43.0 Å². The van der Waals surface area contributed by atoms with Crippen LogP contribution >= 0.6 is 11.3 Å². The van der Waals surface area contributed by atoms with Crippen LogP contribution in [-0.2, 0) is 11.2 Å². The molecule has 4 nitrogen and oxygen atoms in total. The van der Waals surface area contributed by atoms with Crippen molar-refractivity contribution >= 4 is 17.2 Å². The van der Waals surface area contributed by atoms with Crippen LogP contribution in [0.25, 0.3) is 0 Å². The average molecular weight is 255 g/mol. The van der Waals surface area contributed by atoms with Gasteiger partial charge in [0.25, 0.3) is 0 Å². The van der Waals surface area contributed by atoms with E-state index in [-0.39, 0.29) is 11.4 Å². The lowest BCUT2D eigenvalue weighted by Gasteiger charge is -2.20. The van der Waals surface area contributed by atoms with E-state index in [1.807, 2.05) is 5.38 Å². The van der Waals surface area contributed by atoms with E-state index in [0.717, 1.165) is 11.4 Å². The van der Waals surface area contributed by atoms with Crippen molar-refractivity contribution in [3.63, 3.8) is 0 Å². The molecule has 0 aliphatic carbocycles. The first kappa shape index (κ1) is 14.1. The molecular weight excluding hydrogens is 234 g/mol. The summed E-state index contributed by atoms with van der Waals surface area (Å²) < 4.78 is 0. The Kier molecular flexibility index (Phi) is 5.58. The van der Waals surface area contributed by atoms with Gasteiger partial charge in [-0.15, -0.1) is 11.3 Å². The van der Waals surface area contributed by atoms with E-state index < -0.39 is 0 Å². The average Bonchev–Trinajstić information content (AvgIpc) is 2.68. The molecule has 17 heavy (non-hydrogen) atoms. The van der Waals surface area contributed by atoms with E-state index in [0.29, 0.717) is 19.5 Å². The molecule has 0 saturated heterocycles. The maximum atomic E-state index is 11.5. The fraction of sp³-hybridized carbons (Fsp3) is 0.667. The number of nitrogens with zero attached hydrogens (tertiary/aromatic N) is 1. The molecule has 0 unspecified atom stereocenters. The number of aromatic nitrogens is 1. The van der Waals surface area contributed by atoms with Crippen LogP contribution in [0.2, 0.25) is 0 Å². The molecule has 0 spiro atoms. The zero-order chi connectivity index (χ0) is 12.7. The summed E-state index contributed by atoms with van der Waals surface area (Å²) in [5.74, 6) is 0.0957. The van der Waals surface area contributed by atoms with Gasteiger partial charge in [0.1, 0.15) is 0 Å². The van der Waals surface area contributed by atoms with Crippen molar-refractivity contribution in [1.82, 2.24) is 15.6 Å². The van der Waals surface area contributed by atoms with Gasteiger partial charge in [-0.25, -0.2) is 4.98 Å². The quantitative estimate of drug-likeness (QED) is 0.811. The van der Waals surface area contributed by atoms with Gasteiger partial charge < -0.3 is 10.6 Å².